The first kappa shape index (κ1) is 11.2. The van der Waals surface area contributed by atoms with Gasteiger partial charge in [-0.05, 0) is 25.3 Å². The summed E-state index contributed by atoms with van der Waals surface area (Å²) in [4.78, 5) is 2.57. The Hall–Kier alpha value is -0.860. The molecule has 2 aliphatic rings. The van der Waals surface area contributed by atoms with E-state index in [0.717, 1.165) is 26.3 Å². The summed E-state index contributed by atoms with van der Waals surface area (Å²) in [5.74, 6) is 0. The molecule has 17 heavy (non-hydrogen) atoms. The lowest BCUT2D eigenvalue weighted by Crippen LogP contribution is -2.41. The lowest BCUT2D eigenvalue weighted by Gasteiger charge is -2.30. The van der Waals surface area contributed by atoms with Crippen molar-refractivity contribution in [3.63, 3.8) is 0 Å². The zero-order valence-electron chi connectivity index (χ0n) is 10.6. The second-order valence-electron chi connectivity index (χ2n) is 5.53. The van der Waals surface area contributed by atoms with Crippen molar-refractivity contribution in [3.05, 3.63) is 35.4 Å². The molecule has 3 rings (SSSR count). The molecule has 0 radical (unpaired) electrons. The van der Waals surface area contributed by atoms with Crippen molar-refractivity contribution >= 4 is 0 Å². The van der Waals surface area contributed by atoms with E-state index in [1.54, 1.807) is 0 Å². The molecule has 0 spiro atoms. The summed E-state index contributed by atoms with van der Waals surface area (Å²) >= 11 is 0. The van der Waals surface area contributed by atoms with Crippen LogP contribution < -0.4 is 0 Å². The fourth-order valence-electron chi connectivity index (χ4n) is 2.78. The van der Waals surface area contributed by atoms with Gasteiger partial charge in [0.25, 0.3) is 0 Å². The van der Waals surface area contributed by atoms with Gasteiger partial charge >= 0.3 is 0 Å². The maximum Gasteiger partial charge on any atom is 0.0594 e. The summed E-state index contributed by atoms with van der Waals surface area (Å²) in [6.45, 7) is 7.40. The monoisotopic (exact) mass is 231 g/mol. The van der Waals surface area contributed by atoms with Crippen LogP contribution in [-0.2, 0) is 10.2 Å². The number of hydrogen-bond acceptors (Lipinski definition) is 2. The molecule has 0 amide bonds. The van der Waals surface area contributed by atoms with Gasteiger partial charge in [0.2, 0.25) is 0 Å². The first-order valence-electron chi connectivity index (χ1n) is 6.66. The Morgan fingerprint density at radius 3 is 2.35 bits per heavy atom. The SMILES string of the molecule is Cc1ccc(C2(CN3CCOCC3)CC2)cc1. The highest BCUT2D eigenvalue weighted by atomic mass is 16.5. The third-order valence-electron chi connectivity index (χ3n) is 4.15. The standard InChI is InChI=1S/C15H21NO/c1-13-2-4-14(5-3-13)15(6-7-15)12-16-8-10-17-11-9-16/h2-5H,6-12H2,1H3. The number of ether oxygens (including phenoxy) is 1. The summed E-state index contributed by atoms with van der Waals surface area (Å²) in [5.41, 5.74) is 3.36. The molecule has 0 unspecified atom stereocenters. The van der Waals surface area contributed by atoms with E-state index in [2.05, 4.69) is 36.1 Å². The predicted molar refractivity (Wildman–Crippen MR) is 69.4 cm³/mol. The molecule has 92 valence electrons. The molecule has 1 saturated heterocycles. The van der Waals surface area contributed by atoms with Crippen LogP contribution in [0.1, 0.15) is 24.0 Å². The highest BCUT2D eigenvalue weighted by Crippen LogP contribution is 2.48. The summed E-state index contributed by atoms with van der Waals surface area (Å²) < 4.78 is 5.41. The highest BCUT2D eigenvalue weighted by molar-refractivity contribution is 5.34. The Labute approximate surface area is 104 Å². The van der Waals surface area contributed by atoms with Crippen LogP contribution in [0.5, 0.6) is 0 Å². The van der Waals surface area contributed by atoms with Crippen LogP contribution in [0.4, 0.5) is 0 Å². The number of morpholine rings is 1. The maximum atomic E-state index is 5.41. The molecule has 1 heterocycles. The third kappa shape index (κ3) is 2.38. The molecule has 1 saturated carbocycles. The van der Waals surface area contributed by atoms with Crippen molar-refractivity contribution in [1.82, 2.24) is 4.90 Å². The molecule has 0 atom stereocenters. The molecule has 2 nitrogen and oxygen atoms in total. The summed E-state index contributed by atoms with van der Waals surface area (Å²) in [6.07, 6.45) is 2.71. The normalized spacial score (nSPS) is 23.6. The lowest BCUT2D eigenvalue weighted by atomic mass is 9.94. The fourth-order valence-corrected chi connectivity index (χ4v) is 2.78. The van der Waals surface area contributed by atoms with Crippen molar-refractivity contribution in [1.29, 1.82) is 0 Å². The van der Waals surface area contributed by atoms with Crippen molar-refractivity contribution in [3.8, 4) is 0 Å². The van der Waals surface area contributed by atoms with E-state index >= 15 is 0 Å². The zero-order chi connectivity index (χ0) is 11.7. The van der Waals surface area contributed by atoms with Gasteiger partial charge < -0.3 is 4.74 Å². The van der Waals surface area contributed by atoms with Gasteiger partial charge in [-0.2, -0.15) is 0 Å². The molecule has 0 bridgehead atoms. The van der Waals surface area contributed by atoms with Gasteiger partial charge in [-0.25, -0.2) is 0 Å². The quantitative estimate of drug-likeness (QED) is 0.792. The van der Waals surface area contributed by atoms with Gasteiger partial charge in [-0.1, -0.05) is 29.8 Å². The molecular weight excluding hydrogens is 210 g/mol. The van der Waals surface area contributed by atoms with Crippen molar-refractivity contribution < 1.29 is 4.74 Å². The molecule has 0 aromatic heterocycles. The average Bonchev–Trinajstić information content (AvgIpc) is 3.12. The number of hydrogen-bond donors (Lipinski definition) is 0. The summed E-state index contributed by atoms with van der Waals surface area (Å²) in [6, 6.07) is 9.13. The van der Waals surface area contributed by atoms with Crippen LogP contribution in [-0.4, -0.2) is 37.7 Å². The Morgan fingerprint density at radius 2 is 1.76 bits per heavy atom. The molecule has 2 fully saturated rings. The van der Waals surface area contributed by atoms with Crippen LogP contribution in [0.3, 0.4) is 0 Å². The number of rotatable bonds is 3. The van der Waals surface area contributed by atoms with Crippen LogP contribution in [0.15, 0.2) is 24.3 Å². The Bertz CT molecular complexity index is 374. The van der Waals surface area contributed by atoms with Gasteiger partial charge in [0.15, 0.2) is 0 Å². The highest BCUT2D eigenvalue weighted by Gasteiger charge is 2.45. The molecule has 1 aliphatic heterocycles. The minimum absolute atomic E-state index is 0.463. The first-order chi connectivity index (χ1) is 8.28. The Kier molecular flexibility index (Phi) is 2.93. The summed E-state index contributed by atoms with van der Waals surface area (Å²) in [7, 11) is 0. The van der Waals surface area contributed by atoms with Gasteiger partial charge in [0.05, 0.1) is 13.2 Å². The van der Waals surface area contributed by atoms with Crippen molar-refractivity contribution in [2.24, 2.45) is 0 Å². The molecule has 1 aliphatic carbocycles. The van der Waals surface area contributed by atoms with Gasteiger partial charge in [0, 0.05) is 25.0 Å². The first-order valence-corrected chi connectivity index (χ1v) is 6.66. The Balaban J connectivity index is 1.70. The number of benzene rings is 1. The minimum atomic E-state index is 0.463. The zero-order valence-corrected chi connectivity index (χ0v) is 10.6. The summed E-state index contributed by atoms with van der Waals surface area (Å²) in [5, 5.41) is 0. The van der Waals surface area contributed by atoms with E-state index in [-0.39, 0.29) is 0 Å². The van der Waals surface area contributed by atoms with Crippen molar-refractivity contribution in [2.75, 3.05) is 32.8 Å². The van der Waals surface area contributed by atoms with E-state index in [0.29, 0.717) is 5.41 Å². The van der Waals surface area contributed by atoms with E-state index in [4.69, 9.17) is 4.74 Å². The second-order valence-corrected chi connectivity index (χ2v) is 5.53. The van der Waals surface area contributed by atoms with Gasteiger partial charge in [-0.3, -0.25) is 4.90 Å². The molecule has 0 N–H and O–H groups in total. The van der Waals surface area contributed by atoms with Crippen LogP contribution in [0.2, 0.25) is 0 Å². The maximum absolute atomic E-state index is 5.41. The van der Waals surface area contributed by atoms with Crippen LogP contribution in [0, 0.1) is 6.92 Å². The lowest BCUT2D eigenvalue weighted by molar-refractivity contribution is 0.0336. The fraction of sp³-hybridized carbons (Fsp3) is 0.600. The molecule has 2 heteroatoms. The largest absolute Gasteiger partial charge is 0.379 e. The van der Waals surface area contributed by atoms with E-state index in [1.165, 1.54) is 30.5 Å². The van der Waals surface area contributed by atoms with E-state index in [9.17, 15) is 0 Å². The second kappa shape index (κ2) is 4.43. The third-order valence-corrected chi connectivity index (χ3v) is 4.15. The van der Waals surface area contributed by atoms with Gasteiger partial charge in [-0.15, -0.1) is 0 Å². The van der Waals surface area contributed by atoms with Crippen molar-refractivity contribution in [2.45, 2.75) is 25.2 Å². The van der Waals surface area contributed by atoms with E-state index < -0.39 is 0 Å². The molecule has 1 aromatic carbocycles. The molecule has 1 aromatic rings. The number of aryl methyl sites for hydroxylation is 1. The smallest absolute Gasteiger partial charge is 0.0594 e. The van der Waals surface area contributed by atoms with Crippen LogP contribution >= 0.6 is 0 Å². The minimum Gasteiger partial charge on any atom is -0.379 e. The molecular formula is C15H21NO. The number of nitrogens with zero attached hydrogens (tertiary/aromatic N) is 1. The predicted octanol–water partition coefficient (Wildman–Crippen LogP) is 2.36. The average molecular weight is 231 g/mol. The van der Waals surface area contributed by atoms with Crippen LogP contribution in [0.25, 0.3) is 0 Å². The topological polar surface area (TPSA) is 12.5 Å². The Morgan fingerprint density at radius 1 is 1.12 bits per heavy atom. The van der Waals surface area contributed by atoms with E-state index in [1.807, 2.05) is 0 Å². The van der Waals surface area contributed by atoms with Gasteiger partial charge in [0.1, 0.15) is 0 Å².